The molecule has 8 heteroatoms. The lowest BCUT2D eigenvalue weighted by Crippen LogP contribution is -2.22. The topological polar surface area (TPSA) is 122 Å². The van der Waals surface area contributed by atoms with Gasteiger partial charge in [-0.3, -0.25) is 0 Å². The van der Waals surface area contributed by atoms with E-state index in [0.717, 1.165) is 42.9 Å². The van der Waals surface area contributed by atoms with Gasteiger partial charge in [0.05, 0.1) is 15.9 Å². The van der Waals surface area contributed by atoms with Crippen LogP contribution < -0.4 is 16.8 Å². The van der Waals surface area contributed by atoms with Crippen molar-refractivity contribution in [3.8, 4) is 5.75 Å². The first-order valence-corrected chi connectivity index (χ1v) is 9.77. The summed E-state index contributed by atoms with van der Waals surface area (Å²) in [6, 6.07) is 15.5. The van der Waals surface area contributed by atoms with Crippen LogP contribution in [0.5, 0.6) is 5.75 Å². The first kappa shape index (κ1) is 18.7. The zero-order valence-electron chi connectivity index (χ0n) is 16.0. The van der Waals surface area contributed by atoms with Gasteiger partial charge in [-0.05, 0) is 31.5 Å². The highest BCUT2D eigenvalue weighted by molar-refractivity contribution is 7.22. The van der Waals surface area contributed by atoms with Crippen LogP contribution in [-0.4, -0.2) is 21.8 Å². The van der Waals surface area contributed by atoms with E-state index < -0.39 is 0 Å². The molecule has 0 saturated carbocycles. The largest absolute Gasteiger partial charge is 0.507 e. The smallest absolute Gasteiger partial charge is 0.211 e. The van der Waals surface area contributed by atoms with Gasteiger partial charge in [0.1, 0.15) is 5.75 Å². The van der Waals surface area contributed by atoms with Crippen LogP contribution in [-0.2, 0) is 0 Å². The summed E-state index contributed by atoms with van der Waals surface area (Å²) in [6.45, 7) is 3.75. The third kappa shape index (κ3) is 3.57. The van der Waals surface area contributed by atoms with Gasteiger partial charge in [0.2, 0.25) is 5.96 Å². The zero-order chi connectivity index (χ0) is 20.5. The number of benzene rings is 3. The number of hydrogen-bond donors (Lipinski definition) is 4. The molecule has 146 valence electrons. The van der Waals surface area contributed by atoms with Crippen molar-refractivity contribution in [2.24, 2.45) is 21.7 Å². The average Bonchev–Trinajstić information content (AvgIpc) is 3.14. The number of nitrogens with zero attached hydrogens (tertiary/aromatic N) is 3. The molecule has 4 rings (SSSR count). The fourth-order valence-electron chi connectivity index (χ4n) is 3.15. The maximum absolute atomic E-state index is 10.6. The lowest BCUT2D eigenvalue weighted by Gasteiger charge is -2.05. The molecular weight excluding hydrogens is 384 g/mol. The monoisotopic (exact) mass is 404 g/mol. The number of nitrogens with one attached hydrogen (secondary N) is 1. The number of rotatable bonds is 4. The minimum atomic E-state index is -0.0843. The average molecular weight is 404 g/mol. The van der Waals surface area contributed by atoms with Crippen molar-refractivity contribution in [3.05, 3.63) is 59.7 Å². The van der Waals surface area contributed by atoms with Gasteiger partial charge in [0.25, 0.3) is 0 Å². The highest BCUT2D eigenvalue weighted by Gasteiger charge is 2.15. The predicted molar refractivity (Wildman–Crippen MR) is 121 cm³/mol. The van der Waals surface area contributed by atoms with Crippen LogP contribution in [0.3, 0.4) is 0 Å². The Labute approximate surface area is 171 Å². The third-order valence-electron chi connectivity index (χ3n) is 4.61. The molecule has 0 aliphatic carbocycles. The van der Waals surface area contributed by atoms with Gasteiger partial charge in [-0.1, -0.05) is 47.7 Å². The summed E-state index contributed by atoms with van der Waals surface area (Å²) in [7, 11) is 0. The number of nitrogens with two attached hydrogens (primary N) is 2. The summed E-state index contributed by atoms with van der Waals surface area (Å²) in [5.74, 6) is 0.218. The molecule has 0 spiro atoms. The van der Waals surface area contributed by atoms with E-state index in [-0.39, 0.29) is 5.96 Å². The minimum Gasteiger partial charge on any atom is -0.507 e. The van der Waals surface area contributed by atoms with Crippen LogP contribution in [0, 0.1) is 6.92 Å². The molecule has 1 heterocycles. The Kier molecular flexibility index (Phi) is 4.77. The van der Waals surface area contributed by atoms with Crippen LogP contribution in [0.15, 0.2) is 58.7 Å². The summed E-state index contributed by atoms with van der Waals surface area (Å²) in [5.41, 5.74) is 14.8. The molecule has 29 heavy (non-hydrogen) atoms. The van der Waals surface area contributed by atoms with E-state index in [2.05, 4.69) is 15.5 Å². The van der Waals surface area contributed by atoms with Gasteiger partial charge in [0.15, 0.2) is 5.13 Å². The minimum absolute atomic E-state index is 0.0843. The number of aromatic nitrogens is 1. The van der Waals surface area contributed by atoms with E-state index in [1.807, 2.05) is 62.4 Å². The highest BCUT2D eigenvalue weighted by atomic mass is 32.1. The van der Waals surface area contributed by atoms with E-state index in [0.29, 0.717) is 11.5 Å². The van der Waals surface area contributed by atoms with Crippen molar-refractivity contribution < 1.29 is 5.11 Å². The van der Waals surface area contributed by atoms with Crippen LogP contribution >= 0.6 is 11.3 Å². The SMILES string of the molecule is C/C(=N\N=C(N)N)c1cccc(Nc2nc3c(s2)c(C)c(O)c2ccccc23)c1. The van der Waals surface area contributed by atoms with Crippen molar-refractivity contribution in [3.63, 3.8) is 0 Å². The molecule has 1 aromatic heterocycles. The number of aryl methyl sites for hydroxylation is 1. The number of hydrogen-bond acceptors (Lipinski definition) is 6. The number of phenols is 1. The quantitative estimate of drug-likeness (QED) is 0.231. The lowest BCUT2D eigenvalue weighted by molar-refractivity contribution is 0.478. The second kappa shape index (κ2) is 7.40. The zero-order valence-corrected chi connectivity index (χ0v) is 16.8. The third-order valence-corrected chi connectivity index (χ3v) is 5.70. The Morgan fingerprint density at radius 2 is 1.83 bits per heavy atom. The molecule has 0 bridgehead atoms. The molecule has 0 unspecified atom stereocenters. The first-order valence-electron chi connectivity index (χ1n) is 8.95. The second-order valence-electron chi connectivity index (χ2n) is 6.63. The van der Waals surface area contributed by atoms with Gasteiger partial charge >= 0.3 is 0 Å². The van der Waals surface area contributed by atoms with Crippen molar-refractivity contribution >= 4 is 54.8 Å². The van der Waals surface area contributed by atoms with Gasteiger partial charge in [0, 0.05) is 22.0 Å². The van der Waals surface area contributed by atoms with Gasteiger partial charge in [-0.25, -0.2) is 4.98 Å². The van der Waals surface area contributed by atoms with Crippen LogP contribution in [0.2, 0.25) is 0 Å². The van der Waals surface area contributed by atoms with Gasteiger partial charge in [-0.15, -0.1) is 5.10 Å². The van der Waals surface area contributed by atoms with Crippen LogP contribution in [0.25, 0.3) is 21.0 Å². The van der Waals surface area contributed by atoms with E-state index in [9.17, 15) is 5.11 Å². The molecule has 0 aliphatic rings. The number of guanidine groups is 1. The van der Waals surface area contributed by atoms with E-state index in [1.165, 1.54) is 11.3 Å². The Morgan fingerprint density at radius 3 is 2.59 bits per heavy atom. The summed E-state index contributed by atoms with van der Waals surface area (Å²) < 4.78 is 0.963. The molecule has 6 N–H and O–H groups in total. The summed E-state index contributed by atoms with van der Waals surface area (Å²) in [6.07, 6.45) is 0. The number of thiazole rings is 1. The maximum Gasteiger partial charge on any atom is 0.211 e. The molecule has 4 aromatic rings. The fraction of sp³-hybridized carbons (Fsp3) is 0.0952. The first-order chi connectivity index (χ1) is 13.9. The fourth-order valence-corrected chi connectivity index (χ4v) is 4.15. The van der Waals surface area contributed by atoms with Crippen LogP contribution in [0.4, 0.5) is 10.8 Å². The lowest BCUT2D eigenvalue weighted by atomic mass is 10.0. The Balaban J connectivity index is 1.73. The molecule has 0 amide bonds. The molecule has 0 atom stereocenters. The van der Waals surface area contributed by atoms with E-state index in [1.54, 1.807) is 0 Å². The summed E-state index contributed by atoms with van der Waals surface area (Å²) >= 11 is 1.51. The Hall–Kier alpha value is -3.65. The highest BCUT2D eigenvalue weighted by Crippen LogP contribution is 2.41. The van der Waals surface area contributed by atoms with Gasteiger partial charge in [-0.2, -0.15) is 5.10 Å². The van der Waals surface area contributed by atoms with Crippen molar-refractivity contribution in [1.82, 2.24) is 4.98 Å². The molecule has 0 radical (unpaired) electrons. The number of anilines is 2. The maximum atomic E-state index is 10.6. The predicted octanol–water partition coefficient (Wildman–Crippen LogP) is 4.20. The van der Waals surface area contributed by atoms with Crippen molar-refractivity contribution in [1.29, 1.82) is 0 Å². The van der Waals surface area contributed by atoms with Crippen molar-refractivity contribution in [2.75, 3.05) is 5.32 Å². The molecule has 3 aromatic carbocycles. The second-order valence-corrected chi connectivity index (χ2v) is 7.63. The standard InChI is InChI=1S/C21H20N6OS/c1-11-18(28)16-9-4-3-8-15(16)17-19(11)29-21(25-17)24-14-7-5-6-13(10-14)12(2)26-27-20(22)23/h3-10,28H,1-2H3,(H,24,25)(H4,22,23,27)/b26-12+. The number of fused-ring (bicyclic) bond motifs is 3. The van der Waals surface area contributed by atoms with Gasteiger partial charge < -0.3 is 21.9 Å². The van der Waals surface area contributed by atoms with E-state index in [4.69, 9.17) is 16.5 Å². The molecule has 0 saturated heterocycles. The van der Waals surface area contributed by atoms with E-state index >= 15 is 0 Å². The Bertz CT molecular complexity index is 1290. The number of phenolic OH excluding ortho intramolecular Hbond substituents is 1. The molecular formula is C21H20N6OS. The number of aromatic hydroxyl groups is 1. The summed E-state index contributed by atoms with van der Waals surface area (Å²) in [4.78, 5) is 4.78. The van der Waals surface area contributed by atoms with Crippen LogP contribution in [0.1, 0.15) is 18.1 Å². The van der Waals surface area contributed by atoms with Crippen molar-refractivity contribution in [2.45, 2.75) is 13.8 Å². The molecule has 0 aliphatic heterocycles. The molecule has 7 nitrogen and oxygen atoms in total. The summed E-state index contributed by atoms with van der Waals surface area (Å²) in [5, 5.41) is 24.1. The normalized spacial score (nSPS) is 11.7. The molecule has 0 fully saturated rings. The Morgan fingerprint density at radius 1 is 1.07 bits per heavy atom.